The lowest BCUT2D eigenvalue weighted by Gasteiger charge is -2.05. The molecule has 0 aromatic heterocycles. The molecule has 0 aliphatic carbocycles. The Kier molecular flexibility index (Phi) is 3.75. The lowest BCUT2D eigenvalue weighted by molar-refractivity contribution is 0.108. The number of hydrogen-bond donors (Lipinski definition) is 0. The fourth-order valence-corrected chi connectivity index (χ4v) is 1.37. The monoisotopic (exact) mass is 262 g/mol. The Bertz CT molecular complexity index is 325. The maximum absolute atomic E-state index is 10.8. The average Bonchev–Trinajstić information content (AvgIpc) is 2.08. The molecule has 0 amide bonds. The van der Waals surface area contributed by atoms with E-state index in [0.717, 1.165) is 4.47 Å². The van der Waals surface area contributed by atoms with Gasteiger partial charge in [-0.1, -0.05) is 0 Å². The Morgan fingerprint density at radius 2 is 2.31 bits per heavy atom. The summed E-state index contributed by atoms with van der Waals surface area (Å²) in [4.78, 5) is 10.8. The van der Waals surface area contributed by atoms with E-state index in [4.69, 9.17) is 16.3 Å². The molecule has 0 fully saturated rings. The first-order valence-corrected chi connectivity index (χ1v) is 4.94. The maximum Gasteiger partial charge on any atom is 0.252 e. The van der Waals surface area contributed by atoms with Crippen LogP contribution in [0.3, 0.4) is 0 Å². The Hall–Kier alpha value is -0.540. The number of rotatable bonds is 3. The summed E-state index contributed by atoms with van der Waals surface area (Å²) < 4.78 is 6.09. The Balaban J connectivity index is 3.03. The van der Waals surface area contributed by atoms with E-state index >= 15 is 0 Å². The molecule has 0 aliphatic rings. The molecule has 0 radical (unpaired) electrons. The minimum Gasteiger partial charge on any atom is -0.493 e. The number of hydrogen-bond acceptors (Lipinski definition) is 2. The molecule has 0 aliphatic heterocycles. The largest absolute Gasteiger partial charge is 0.493 e. The zero-order chi connectivity index (χ0) is 9.84. The summed E-state index contributed by atoms with van der Waals surface area (Å²) in [5.74, 6) is 0.633. The van der Waals surface area contributed by atoms with E-state index in [2.05, 4.69) is 15.9 Å². The van der Waals surface area contributed by atoms with Crippen molar-refractivity contribution in [3.63, 3.8) is 0 Å². The van der Waals surface area contributed by atoms with Crippen molar-refractivity contribution >= 4 is 32.8 Å². The minimum absolute atomic E-state index is 0.438. The van der Waals surface area contributed by atoms with Gasteiger partial charge in [0.1, 0.15) is 5.75 Å². The van der Waals surface area contributed by atoms with Crippen LogP contribution in [0.1, 0.15) is 17.3 Å². The lowest BCUT2D eigenvalue weighted by Crippen LogP contribution is -1.95. The zero-order valence-corrected chi connectivity index (χ0v) is 9.35. The molecule has 0 atom stereocenters. The van der Waals surface area contributed by atoms with Crippen LogP contribution in [-0.4, -0.2) is 11.8 Å². The van der Waals surface area contributed by atoms with Gasteiger partial charge < -0.3 is 4.74 Å². The van der Waals surface area contributed by atoms with Gasteiger partial charge in [0.2, 0.25) is 0 Å². The molecule has 0 bridgehead atoms. The summed E-state index contributed by atoms with van der Waals surface area (Å²) in [6.45, 7) is 2.43. The fraction of sp³-hybridized carbons (Fsp3) is 0.222. The van der Waals surface area contributed by atoms with Gasteiger partial charge in [0.25, 0.3) is 5.24 Å². The first-order valence-electron chi connectivity index (χ1n) is 3.77. The van der Waals surface area contributed by atoms with Gasteiger partial charge in [-0.05, 0) is 52.7 Å². The van der Waals surface area contributed by atoms with Gasteiger partial charge in [-0.25, -0.2) is 0 Å². The Labute approximate surface area is 90.0 Å². The summed E-state index contributed by atoms with van der Waals surface area (Å²) >= 11 is 8.62. The predicted molar refractivity (Wildman–Crippen MR) is 55.5 cm³/mol. The van der Waals surface area contributed by atoms with Crippen LogP contribution in [0.25, 0.3) is 0 Å². The third kappa shape index (κ3) is 2.71. The zero-order valence-electron chi connectivity index (χ0n) is 7.01. The highest BCUT2D eigenvalue weighted by Crippen LogP contribution is 2.26. The Morgan fingerprint density at radius 3 is 2.85 bits per heavy atom. The first-order chi connectivity index (χ1) is 6.15. The maximum atomic E-state index is 10.8. The van der Waals surface area contributed by atoms with Crippen molar-refractivity contribution in [1.29, 1.82) is 0 Å². The number of ether oxygens (including phenoxy) is 1. The first kappa shape index (κ1) is 10.5. The molecule has 1 aromatic carbocycles. The van der Waals surface area contributed by atoms with Crippen molar-refractivity contribution in [2.75, 3.05) is 6.61 Å². The molecular weight excluding hydrogens is 255 g/mol. The van der Waals surface area contributed by atoms with Crippen molar-refractivity contribution < 1.29 is 9.53 Å². The van der Waals surface area contributed by atoms with Crippen LogP contribution in [0, 0.1) is 0 Å². The number of benzene rings is 1. The third-order valence-corrected chi connectivity index (χ3v) is 2.33. The summed E-state index contributed by atoms with van der Waals surface area (Å²) in [6, 6.07) is 4.99. The molecule has 0 spiro atoms. The number of carbonyl (C=O) groups excluding carboxylic acids is 1. The van der Waals surface area contributed by atoms with Crippen LogP contribution < -0.4 is 4.74 Å². The predicted octanol–water partition coefficient (Wildman–Crippen LogP) is 3.23. The van der Waals surface area contributed by atoms with Crippen LogP contribution in [-0.2, 0) is 0 Å². The molecule has 0 heterocycles. The molecule has 13 heavy (non-hydrogen) atoms. The van der Waals surface area contributed by atoms with E-state index < -0.39 is 5.24 Å². The van der Waals surface area contributed by atoms with Gasteiger partial charge in [0, 0.05) is 5.56 Å². The second kappa shape index (κ2) is 4.63. The van der Waals surface area contributed by atoms with Crippen molar-refractivity contribution in [2.24, 2.45) is 0 Å². The molecule has 4 heteroatoms. The minimum atomic E-state index is -0.478. The molecular formula is C9H8BrClO2. The lowest BCUT2D eigenvalue weighted by atomic mass is 10.2. The number of carbonyl (C=O) groups is 1. The Morgan fingerprint density at radius 1 is 1.62 bits per heavy atom. The van der Waals surface area contributed by atoms with Crippen molar-refractivity contribution in [1.82, 2.24) is 0 Å². The third-order valence-electron chi connectivity index (χ3n) is 1.46. The number of halogens is 2. The van der Waals surface area contributed by atoms with Crippen LogP contribution in [0.4, 0.5) is 0 Å². The highest BCUT2D eigenvalue weighted by molar-refractivity contribution is 9.10. The smallest absolute Gasteiger partial charge is 0.252 e. The topological polar surface area (TPSA) is 26.3 Å². The second-order valence-electron chi connectivity index (χ2n) is 2.35. The van der Waals surface area contributed by atoms with E-state index in [1.165, 1.54) is 0 Å². The summed E-state index contributed by atoms with van der Waals surface area (Å²) in [6.07, 6.45) is 0. The van der Waals surface area contributed by atoms with E-state index in [1.54, 1.807) is 18.2 Å². The molecule has 2 nitrogen and oxygen atoms in total. The second-order valence-corrected chi connectivity index (χ2v) is 3.55. The molecule has 70 valence electrons. The van der Waals surface area contributed by atoms with E-state index in [0.29, 0.717) is 17.9 Å². The molecule has 0 saturated heterocycles. The molecule has 1 aromatic rings. The van der Waals surface area contributed by atoms with Gasteiger partial charge in [-0.3, -0.25) is 4.79 Å². The van der Waals surface area contributed by atoms with Crippen LogP contribution in [0.15, 0.2) is 22.7 Å². The van der Waals surface area contributed by atoms with Crippen LogP contribution in [0.5, 0.6) is 5.75 Å². The van der Waals surface area contributed by atoms with Gasteiger partial charge in [0.05, 0.1) is 11.1 Å². The van der Waals surface area contributed by atoms with Crippen LogP contribution in [0.2, 0.25) is 0 Å². The highest BCUT2D eigenvalue weighted by Gasteiger charge is 2.06. The summed E-state index contributed by atoms with van der Waals surface area (Å²) in [5, 5.41) is -0.478. The van der Waals surface area contributed by atoms with Gasteiger partial charge >= 0.3 is 0 Å². The van der Waals surface area contributed by atoms with Crippen molar-refractivity contribution in [3.8, 4) is 5.75 Å². The van der Waals surface area contributed by atoms with Gasteiger partial charge in [0.15, 0.2) is 0 Å². The molecule has 0 unspecified atom stereocenters. The average molecular weight is 264 g/mol. The quantitative estimate of drug-likeness (QED) is 0.783. The van der Waals surface area contributed by atoms with E-state index in [9.17, 15) is 4.79 Å². The van der Waals surface area contributed by atoms with Crippen molar-refractivity contribution in [2.45, 2.75) is 6.92 Å². The van der Waals surface area contributed by atoms with Crippen molar-refractivity contribution in [3.05, 3.63) is 28.2 Å². The van der Waals surface area contributed by atoms with Gasteiger partial charge in [-0.15, -0.1) is 0 Å². The van der Waals surface area contributed by atoms with E-state index in [1.807, 2.05) is 6.92 Å². The van der Waals surface area contributed by atoms with Gasteiger partial charge in [-0.2, -0.15) is 0 Å². The van der Waals surface area contributed by atoms with Crippen LogP contribution >= 0.6 is 27.5 Å². The SMILES string of the molecule is CCOc1cc(C(=O)Cl)ccc1Br. The summed E-state index contributed by atoms with van der Waals surface area (Å²) in [5.41, 5.74) is 0.438. The molecule has 1 rings (SSSR count). The standard InChI is InChI=1S/C9H8BrClO2/c1-2-13-8-5-6(9(11)12)3-4-7(8)10/h3-5H,2H2,1H3. The van der Waals surface area contributed by atoms with E-state index in [-0.39, 0.29) is 0 Å². The summed E-state index contributed by atoms with van der Waals surface area (Å²) in [7, 11) is 0. The fourth-order valence-electron chi connectivity index (χ4n) is 0.892. The molecule has 0 saturated carbocycles. The highest BCUT2D eigenvalue weighted by atomic mass is 79.9. The normalized spacial score (nSPS) is 9.77. The molecule has 0 N–H and O–H groups in total.